The molecule has 5 aromatic carbocycles. The molecule has 5 rings (SSSR count). The summed E-state index contributed by atoms with van der Waals surface area (Å²) in [6.45, 7) is 7.39. The van der Waals surface area contributed by atoms with E-state index in [2.05, 4.69) is 23.3 Å². The SMILES string of the molecule is C=CCOP(=O)(O)C(NC(C(=O)Nc1c(C)cccc1C)c1c2ccccc2cc2ccccc12)c1ccccc1. The number of carbonyl (C=O) groups is 1. The fourth-order valence-corrected chi connectivity index (χ4v) is 6.62. The number of aryl methyl sites for hydroxylation is 2. The van der Waals surface area contributed by atoms with E-state index in [0.717, 1.165) is 32.7 Å². The summed E-state index contributed by atoms with van der Waals surface area (Å²) in [5.74, 6) is -1.55. The number of carbonyl (C=O) groups excluding carboxylic acids is 1. The molecule has 0 aliphatic carbocycles. The Bertz CT molecular complexity index is 1700. The van der Waals surface area contributed by atoms with Gasteiger partial charge in [-0.1, -0.05) is 103 Å². The van der Waals surface area contributed by atoms with E-state index in [1.807, 2.05) is 86.6 Å². The molecule has 0 heterocycles. The van der Waals surface area contributed by atoms with E-state index in [9.17, 15) is 14.3 Å². The predicted molar refractivity (Wildman–Crippen MR) is 167 cm³/mol. The molecule has 3 N–H and O–H groups in total. The average Bonchev–Trinajstić information content (AvgIpc) is 2.98. The monoisotopic (exact) mass is 564 g/mol. The molecule has 3 unspecified atom stereocenters. The lowest BCUT2D eigenvalue weighted by Crippen LogP contribution is -2.36. The van der Waals surface area contributed by atoms with Gasteiger partial charge in [0.15, 0.2) is 0 Å². The molecule has 0 saturated carbocycles. The standard InChI is InChI=1S/C34H33N2O4P/c1-4-21-40-41(38,39)34(25-15-6-5-7-16-25)36-32(33(37)35-31-23(2)13-12-14-24(31)3)30-28-19-10-8-17-26(28)22-27-18-9-11-20-29(27)30/h4-20,22,32,34,36H,1,21H2,2-3H3,(H,35,37)(H,38,39). The lowest BCUT2D eigenvalue weighted by Gasteiger charge is -2.30. The quantitative estimate of drug-likeness (QED) is 0.0910. The third kappa shape index (κ3) is 6.02. The summed E-state index contributed by atoms with van der Waals surface area (Å²) >= 11 is 0. The number of hydrogen-bond acceptors (Lipinski definition) is 4. The first-order chi connectivity index (χ1) is 19.8. The summed E-state index contributed by atoms with van der Waals surface area (Å²) < 4.78 is 19.2. The number of amides is 1. The number of hydrogen-bond donors (Lipinski definition) is 3. The molecule has 7 heteroatoms. The van der Waals surface area contributed by atoms with Crippen molar-refractivity contribution in [2.45, 2.75) is 25.7 Å². The van der Waals surface area contributed by atoms with Crippen molar-refractivity contribution in [3.8, 4) is 0 Å². The van der Waals surface area contributed by atoms with Crippen LogP contribution >= 0.6 is 7.60 Å². The van der Waals surface area contributed by atoms with E-state index >= 15 is 0 Å². The minimum Gasteiger partial charge on any atom is -0.324 e. The van der Waals surface area contributed by atoms with E-state index in [1.54, 1.807) is 24.3 Å². The van der Waals surface area contributed by atoms with Gasteiger partial charge in [0.05, 0.1) is 6.61 Å². The molecule has 0 aliphatic rings. The number of fused-ring (bicyclic) bond motifs is 2. The van der Waals surface area contributed by atoms with Gasteiger partial charge in [-0.3, -0.25) is 14.7 Å². The third-order valence-corrected chi connectivity index (χ3v) is 8.86. The fraction of sp³-hybridized carbons (Fsp3) is 0.147. The molecule has 1 amide bonds. The maximum Gasteiger partial charge on any atom is 0.349 e. The number of para-hydroxylation sites is 1. The van der Waals surface area contributed by atoms with Crippen LogP contribution in [-0.4, -0.2) is 17.4 Å². The molecular weight excluding hydrogens is 531 g/mol. The maximum atomic E-state index is 14.4. The summed E-state index contributed by atoms with van der Waals surface area (Å²) in [7, 11) is -4.34. The lowest BCUT2D eigenvalue weighted by atomic mass is 9.91. The number of nitrogens with one attached hydrogen (secondary N) is 2. The Balaban J connectivity index is 1.73. The first-order valence-corrected chi connectivity index (χ1v) is 15.1. The van der Waals surface area contributed by atoms with Crippen molar-refractivity contribution in [3.63, 3.8) is 0 Å². The largest absolute Gasteiger partial charge is 0.349 e. The average molecular weight is 565 g/mol. The molecular formula is C34H33N2O4P. The van der Waals surface area contributed by atoms with E-state index in [4.69, 9.17) is 4.52 Å². The third-order valence-electron chi connectivity index (χ3n) is 7.24. The Morgan fingerprint density at radius 3 is 2.02 bits per heavy atom. The summed E-state index contributed by atoms with van der Waals surface area (Å²) in [4.78, 5) is 25.6. The van der Waals surface area contributed by atoms with Crippen LogP contribution in [0.2, 0.25) is 0 Å². The molecule has 3 atom stereocenters. The lowest BCUT2D eigenvalue weighted by molar-refractivity contribution is -0.118. The molecule has 0 saturated heterocycles. The highest BCUT2D eigenvalue weighted by atomic mass is 31.2. The van der Waals surface area contributed by atoms with E-state index in [0.29, 0.717) is 16.8 Å². The Hall–Kier alpha value is -4.06. The van der Waals surface area contributed by atoms with Crippen LogP contribution in [0.1, 0.15) is 34.1 Å². The van der Waals surface area contributed by atoms with Crippen LogP contribution in [0.15, 0.2) is 116 Å². The molecule has 0 aromatic heterocycles. The van der Waals surface area contributed by atoms with Gasteiger partial charge in [0, 0.05) is 5.69 Å². The van der Waals surface area contributed by atoms with Crippen molar-refractivity contribution in [1.29, 1.82) is 0 Å². The van der Waals surface area contributed by atoms with Crippen molar-refractivity contribution < 1.29 is 18.8 Å². The van der Waals surface area contributed by atoms with Crippen LogP contribution in [0.3, 0.4) is 0 Å². The van der Waals surface area contributed by atoms with Crippen LogP contribution in [0.4, 0.5) is 5.69 Å². The van der Waals surface area contributed by atoms with E-state index in [-0.39, 0.29) is 12.5 Å². The van der Waals surface area contributed by atoms with Gasteiger partial charge in [-0.15, -0.1) is 6.58 Å². The van der Waals surface area contributed by atoms with Crippen LogP contribution in [0, 0.1) is 13.8 Å². The van der Waals surface area contributed by atoms with Gasteiger partial charge in [0.2, 0.25) is 5.91 Å². The first-order valence-electron chi connectivity index (χ1n) is 13.5. The van der Waals surface area contributed by atoms with Crippen LogP contribution < -0.4 is 10.6 Å². The highest BCUT2D eigenvalue weighted by Crippen LogP contribution is 2.56. The topological polar surface area (TPSA) is 87.7 Å². The molecule has 41 heavy (non-hydrogen) atoms. The zero-order valence-corrected chi connectivity index (χ0v) is 24.0. The molecule has 0 bridgehead atoms. The summed E-state index contributed by atoms with van der Waals surface area (Å²) in [5, 5.41) is 10.1. The van der Waals surface area contributed by atoms with Crippen LogP contribution in [0.25, 0.3) is 21.5 Å². The zero-order chi connectivity index (χ0) is 29.0. The Labute approximate surface area is 240 Å². The molecule has 6 nitrogen and oxygen atoms in total. The highest BCUT2D eigenvalue weighted by molar-refractivity contribution is 7.53. The summed E-state index contributed by atoms with van der Waals surface area (Å²) in [5.41, 5.74) is 3.78. The normalized spacial score (nSPS) is 14.3. The smallest absolute Gasteiger partial charge is 0.324 e. The number of anilines is 1. The summed E-state index contributed by atoms with van der Waals surface area (Å²) in [6.07, 6.45) is 1.42. The molecule has 0 spiro atoms. The fourth-order valence-electron chi connectivity index (χ4n) is 5.26. The van der Waals surface area contributed by atoms with Gasteiger partial charge < -0.3 is 14.7 Å². The molecule has 0 aliphatic heterocycles. The second-order valence-electron chi connectivity index (χ2n) is 10.1. The van der Waals surface area contributed by atoms with Crippen molar-refractivity contribution in [1.82, 2.24) is 5.32 Å². The molecule has 5 aromatic rings. The van der Waals surface area contributed by atoms with E-state index < -0.39 is 19.4 Å². The highest BCUT2D eigenvalue weighted by Gasteiger charge is 2.38. The minimum atomic E-state index is -4.34. The van der Waals surface area contributed by atoms with Crippen molar-refractivity contribution >= 4 is 40.7 Å². The Kier molecular flexibility index (Phi) is 8.48. The van der Waals surface area contributed by atoms with Gasteiger partial charge in [-0.25, -0.2) is 0 Å². The zero-order valence-electron chi connectivity index (χ0n) is 23.1. The first kappa shape index (κ1) is 28.5. The second kappa shape index (κ2) is 12.2. The molecule has 208 valence electrons. The van der Waals surface area contributed by atoms with E-state index in [1.165, 1.54) is 6.08 Å². The minimum absolute atomic E-state index is 0.116. The molecule has 0 fully saturated rings. The molecule has 0 radical (unpaired) electrons. The van der Waals surface area contributed by atoms with Crippen molar-refractivity contribution in [2.24, 2.45) is 0 Å². The Morgan fingerprint density at radius 1 is 0.878 bits per heavy atom. The van der Waals surface area contributed by atoms with Gasteiger partial charge in [0.25, 0.3) is 0 Å². The van der Waals surface area contributed by atoms with Gasteiger partial charge in [-0.05, 0) is 63.7 Å². The number of benzene rings is 5. The van der Waals surface area contributed by atoms with Crippen molar-refractivity contribution in [2.75, 3.05) is 11.9 Å². The van der Waals surface area contributed by atoms with Gasteiger partial charge in [0.1, 0.15) is 11.8 Å². The van der Waals surface area contributed by atoms with Crippen LogP contribution in [-0.2, 0) is 13.9 Å². The maximum absolute atomic E-state index is 14.4. The van der Waals surface area contributed by atoms with Gasteiger partial charge >= 0.3 is 7.60 Å². The van der Waals surface area contributed by atoms with Crippen LogP contribution in [0.5, 0.6) is 0 Å². The second-order valence-corrected chi connectivity index (χ2v) is 12.0. The Morgan fingerprint density at radius 2 is 1.44 bits per heavy atom. The van der Waals surface area contributed by atoms with Gasteiger partial charge in [-0.2, -0.15) is 0 Å². The predicted octanol–water partition coefficient (Wildman–Crippen LogP) is 7.97. The summed E-state index contributed by atoms with van der Waals surface area (Å²) in [6, 6.07) is 31.5. The van der Waals surface area contributed by atoms with Crippen molar-refractivity contribution in [3.05, 3.63) is 138 Å². The number of rotatable bonds is 10.